The van der Waals surface area contributed by atoms with E-state index in [2.05, 4.69) is 0 Å². The minimum Gasteiger partial charge on any atom is -0.480 e. The van der Waals surface area contributed by atoms with Crippen LogP contribution in [0.4, 0.5) is 0 Å². The molecule has 16 heavy (non-hydrogen) atoms. The summed E-state index contributed by atoms with van der Waals surface area (Å²) >= 11 is 0. The van der Waals surface area contributed by atoms with Crippen molar-refractivity contribution >= 4 is 67.5 Å². The van der Waals surface area contributed by atoms with E-state index in [4.69, 9.17) is 21.7 Å². The van der Waals surface area contributed by atoms with Crippen LogP contribution < -0.4 is 11.5 Å². The first-order chi connectivity index (χ1) is 6.45. The van der Waals surface area contributed by atoms with Gasteiger partial charge >= 0.3 is 11.9 Å². The van der Waals surface area contributed by atoms with Crippen LogP contribution in [-0.2, 0) is 9.59 Å². The largest absolute Gasteiger partial charge is 0.480 e. The summed E-state index contributed by atoms with van der Waals surface area (Å²) in [5, 5.41) is 16.8. The summed E-state index contributed by atoms with van der Waals surface area (Å²) in [6.45, 7) is 0. The zero-order chi connectivity index (χ0) is 11.1. The smallest absolute Gasteiger partial charge is 0.321 e. The number of carboxylic acid groups (broad SMARTS) is 2. The molecule has 0 fully saturated rings. The Morgan fingerprint density at radius 2 is 1.19 bits per heavy atom. The average molecular weight is 402 g/mol. The molecular formula is C6H14Br2N2O4S2. The number of hydrogen-bond acceptors (Lipinski definition) is 6. The third-order valence-corrected chi connectivity index (χ3v) is 3.69. The summed E-state index contributed by atoms with van der Waals surface area (Å²) in [6.07, 6.45) is 0. The van der Waals surface area contributed by atoms with Crippen molar-refractivity contribution in [1.29, 1.82) is 0 Å². The summed E-state index contributed by atoms with van der Waals surface area (Å²) in [5.41, 5.74) is 10.4. The second-order valence-corrected chi connectivity index (χ2v) is 5.01. The molecule has 0 aromatic rings. The predicted octanol–water partition coefficient (Wildman–Crippen LogP) is 0.347. The van der Waals surface area contributed by atoms with Crippen molar-refractivity contribution in [2.45, 2.75) is 12.1 Å². The van der Waals surface area contributed by atoms with E-state index in [1.807, 2.05) is 0 Å². The van der Waals surface area contributed by atoms with E-state index in [0.717, 1.165) is 0 Å². The molecular weight excluding hydrogens is 388 g/mol. The van der Waals surface area contributed by atoms with Crippen molar-refractivity contribution in [2.75, 3.05) is 11.5 Å². The van der Waals surface area contributed by atoms with Crippen molar-refractivity contribution in [1.82, 2.24) is 0 Å². The standard InChI is InChI=1S/C6H12N2O4S2.2BrH/c7-3(5(9)10)1-13-14-2-4(8)6(11)12;;/h3-4H,1-2,7-8H2,(H,9,10)(H,11,12);2*1H/t3-,4?;;/m0../s1. The van der Waals surface area contributed by atoms with Crippen LogP contribution in [0.3, 0.4) is 0 Å². The minimum absolute atomic E-state index is 0. The van der Waals surface area contributed by atoms with Crippen molar-refractivity contribution in [3.8, 4) is 0 Å². The average Bonchev–Trinajstić information content (AvgIpc) is 2.11. The van der Waals surface area contributed by atoms with Crippen molar-refractivity contribution < 1.29 is 19.8 Å². The number of carboxylic acids is 2. The lowest BCUT2D eigenvalue weighted by atomic mass is 10.4. The van der Waals surface area contributed by atoms with Gasteiger partial charge in [-0.2, -0.15) is 0 Å². The predicted molar refractivity (Wildman–Crippen MR) is 76.8 cm³/mol. The fourth-order valence-electron chi connectivity index (χ4n) is 0.385. The molecule has 0 radical (unpaired) electrons. The molecule has 0 aromatic heterocycles. The lowest BCUT2D eigenvalue weighted by Crippen LogP contribution is -2.33. The molecule has 2 atom stereocenters. The Kier molecular flexibility index (Phi) is 16.3. The molecule has 0 amide bonds. The topological polar surface area (TPSA) is 127 Å². The van der Waals surface area contributed by atoms with Gasteiger partial charge in [-0.05, 0) is 0 Å². The molecule has 98 valence electrons. The first-order valence-corrected chi connectivity index (χ1v) is 6.15. The first kappa shape index (κ1) is 21.8. The molecule has 0 saturated heterocycles. The van der Waals surface area contributed by atoms with Crippen LogP contribution in [0.5, 0.6) is 0 Å². The van der Waals surface area contributed by atoms with Crippen LogP contribution in [0, 0.1) is 0 Å². The number of carbonyl (C=O) groups is 2. The Balaban J connectivity index is -0.000000845. The Bertz CT molecular complexity index is 201. The molecule has 0 rings (SSSR count). The minimum atomic E-state index is -1.07. The highest BCUT2D eigenvalue weighted by Gasteiger charge is 2.14. The molecule has 0 bridgehead atoms. The Labute approximate surface area is 122 Å². The summed E-state index contributed by atoms with van der Waals surface area (Å²) in [6, 6.07) is -1.85. The Hall–Kier alpha value is 0.520. The first-order valence-electron chi connectivity index (χ1n) is 3.66. The molecule has 0 aliphatic carbocycles. The molecule has 0 spiro atoms. The highest BCUT2D eigenvalue weighted by Crippen LogP contribution is 2.22. The van der Waals surface area contributed by atoms with Crippen LogP contribution in [0.15, 0.2) is 0 Å². The van der Waals surface area contributed by atoms with Gasteiger partial charge in [0, 0.05) is 11.5 Å². The van der Waals surface area contributed by atoms with Crippen LogP contribution in [0.25, 0.3) is 0 Å². The molecule has 6 nitrogen and oxygen atoms in total. The van der Waals surface area contributed by atoms with Gasteiger partial charge in [-0.1, -0.05) is 21.6 Å². The maximum atomic E-state index is 10.3. The highest BCUT2D eigenvalue weighted by atomic mass is 79.9. The number of aliphatic carboxylic acids is 2. The van der Waals surface area contributed by atoms with E-state index < -0.39 is 24.0 Å². The van der Waals surface area contributed by atoms with Gasteiger partial charge in [-0.3, -0.25) is 9.59 Å². The van der Waals surface area contributed by atoms with Gasteiger partial charge in [-0.25, -0.2) is 0 Å². The number of halogens is 2. The lowest BCUT2D eigenvalue weighted by molar-refractivity contribution is -0.138. The van der Waals surface area contributed by atoms with Gasteiger partial charge in [0.25, 0.3) is 0 Å². The van der Waals surface area contributed by atoms with Gasteiger partial charge in [-0.15, -0.1) is 34.0 Å². The van der Waals surface area contributed by atoms with E-state index in [-0.39, 0.29) is 45.5 Å². The van der Waals surface area contributed by atoms with Crippen molar-refractivity contribution in [2.24, 2.45) is 11.5 Å². The van der Waals surface area contributed by atoms with Crippen LogP contribution in [0.1, 0.15) is 0 Å². The van der Waals surface area contributed by atoms with Crippen molar-refractivity contribution in [3.05, 3.63) is 0 Å². The Morgan fingerprint density at radius 3 is 1.38 bits per heavy atom. The van der Waals surface area contributed by atoms with Crippen LogP contribution >= 0.6 is 55.6 Å². The second kappa shape index (κ2) is 12.0. The summed E-state index contributed by atoms with van der Waals surface area (Å²) < 4.78 is 0. The van der Waals surface area contributed by atoms with E-state index >= 15 is 0 Å². The van der Waals surface area contributed by atoms with E-state index in [1.165, 1.54) is 21.6 Å². The third-order valence-electron chi connectivity index (χ3n) is 1.21. The molecule has 0 heterocycles. The van der Waals surface area contributed by atoms with Gasteiger partial charge in [0.05, 0.1) is 0 Å². The SMILES string of the molecule is Br.Br.NC(CSSC[C@H](N)C(=O)O)C(=O)O. The third kappa shape index (κ3) is 11.0. The molecule has 6 N–H and O–H groups in total. The van der Waals surface area contributed by atoms with Gasteiger partial charge < -0.3 is 21.7 Å². The number of hydrogen-bond donors (Lipinski definition) is 4. The zero-order valence-corrected chi connectivity index (χ0v) is 13.1. The summed E-state index contributed by atoms with van der Waals surface area (Å²) in [4.78, 5) is 20.5. The molecule has 0 saturated carbocycles. The fourth-order valence-corrected chi connectivity index (χ4v) is 2.61. The summed E-state index contributed by atoms with van der Waals surface area (Å²) in [7, 11) is 2.41. The monoisotopic (exact) mass is 400 g/mol. The van der Waals surface area contributed by atoms with E-state index in [9.17, 15) is 9.59 Å². The van der Waals surface area contributed by atoms with Gasteiger partial charge in [0.15, 0.2) is 0 Å². The van der Waals surface area contributed by atoms with Crippen molar-refractivity contribution in [3.63, 3.8) is 0 Å². The van der Waals surface area contributed by atoms with Gasteiger partial charge in [0.2, 0.25) is 0 Å². The lowest BCUT2D eigenvalue weighted by Gasteiger charge is -2.07. The summed E-state index contributed by atoms with van der Waals surface area (Å²) in [5.74, 6) is -1.68. The molecule has 10 heteroatoms. The zero-order valence-electron chi connectivity index (χ0n) is 8.07. The molecule has 0 aliphatic heterocycles. The molecule has 1 unspecified atom stereocenters. The fraction of sp³-hybridized carbons (Fsp3) is 0.667. The maximum absolute atomic E-state index is 10.3. The normalized spacial score (nSPS) is 12.9. The maximum Gasteiger partial charge on any atom is 0.321 e. The Morgan fingerprint density at radius 1 is 0.938 bits per heavy atom. The molecule has 0 aliphatic rings. The van der Waals surface area contributed by atoms with E-state index in [1.54, 1.807) is 0 Å². The van der Waals surface area contributed by atoms with Crippen LogP contribution in [-0.4, -0.2) is 45.7 Å². The van der Waals surface area contributed by atoms with E-state index in [0.29, 0.717) is 0 Å². The number of rotatable bonds is 7. The quantitative estimate of drug-likeness (QED) is 0.355. The van der Waals surface area contributed by atoms with Gasteiger partial charge in [0.1, 0.15) is 12.1 Å². The second-order valence-electron chi connectivity index (χ2n) is 2.46. The highest BCUT2D eigenvalue weighted by molar-refractivity contribution is 8.93. The van der Waals surface area contributed by atoms with Crippen LogP contribution in [0.2, 0.25) is 0 Å². The molecule has 0 aromatic carbocycles. The number of nitrogens with two attached hydrogens (primary N) is 2.